The second kappa shape index (κ2) is 9.13. The minimum atomic E-state index is -0.506. The zero-order valence-electron chi connectivity index (χ0n) is 12.6. The Bertz CT molecular complexity index is 448. The van der Waals surface area contributed by atoms with Crippen LogP contribution in [0.5, 0.6) is 0 Å². The third-order valence-corrected chi connectivity index (χ3v) is 3.06. The van der Waals surface area contributed by atoms with E-state index in [1.807, 2.05) is 13.0 Å². The first-order valence-electron chi connectivity index (χ1n) is 7.33. The predicted molar refractivity (Wildman–Crippen MR) is 81.9 cm³/mol. The summed E-state index contributed by atoms with van der Waals surface area (Å²) in [5, 5.41) is 15.0. The van der Waals surface area contributed by atoms with Gasteiger partial charge in [0.05, 0.1) is 6.10 Å². The fourth-order valence-corrected chi connectivity index (χ4v) is 1.96. The lowest BCUT2D eigenvalue weighted by molar-refractivity contribution is -0.121. The van der Waals surface area contributed by atoms with Gasteiger partial charge < -0.3 is 15.7 Å². The first-order chi connectivity index (χ1) is 10.0. The van der Waals surface area contributed by atoms with Crippen LogP contribution < -0.4 is 10.6 Å². The molecule has 5 nitrogen and oxygen atoms in total. The number of benzene rings is 1. The number of hydrogen-bond donors (Lipinski definition) is 3. The number of rotatable bonds is 8. The van der Waals surface area contributed by atoms with E-state index in [0.717, 1.165) is 6.42 Å². The average Bonchev–Trinajstić information content (AvgIpc) is 2.46. The molecule has 5 heteroatoms. The first kappa shape index (κ1) is 17.2. The highest BCUT2D eigenvalue weighted by atomic mass is 16.3. The van der Waals surface area contributed by atoms with Crippen molar-refractivity contribution < 1.29 is 14.7 Å². The molecule has 0 heterocycles. The Morgan fingerprint density at radius 2 is 1.90 bits per heavy atom. The monoisotopic (exact) mass is 292 g/mol. The Balaban J connectivity index is 2.31. The van der Waals surface area contributed by atoms with E-state index in [0.29, 0.717) is 12.0 Å². The molecule has 1 aromatic carbocycles. The van der Waals surface area contributed by atoms with E-state index in [9.17, 15) is 14.7 Å². The molecule has 116 valence electrons. The molecule has 0 aliphatic rings. The highest BCUT2D eigenvalue weighted by molar-refractivity contribution is 5.94. The van der Waals surface area contributed by atoms with Crippen LogP contribution in [0.25, 0.3) is 0 Å². The van der Waals surface area contributed by atoms with Gasteiger partial charge >= 0.3 is 0 Å². The summed E-state index contributed by atoms with van der Waals surface area (Å²) in [4.78, 5) is 23.6. The van der Waals surface area contributed by atoms with Gasteiger partial charge in [-0.15, -0.1) is 0 Å². The normalized spacial score (nSPS) is 13.3. The summed E-state index contributed by atoms with van der Waals surface area (Å²) in [6, 6.07) is 8.62. The second-order valence-electron chi connectivity index (χ2n) is 5.19. The molecule has 0 radical (unpaired) electrons. The van der Waals surface area contributed by atoms with Crippen LogP contribution in [-0.4, -0.2) is 35.6 Å². The molecular formula is C16H24N2O3. The molecular weight excluding hydrogens is 268 g/mol. The fourth-order valence-electron chi connectivity index (χ4n) is 1.96. The van der Waals surface area contributed by atoms with Crippen LogP contribution in [0, 0.1) is 0 Å². The fraction of sp³-hybridized carbons (Fsp3) is 0.500. The predicted octanol–water partition coefficient (Wildman–Crippen LogP) is 1.47. The molecule has 2 atom stereocenters. The second-order valence-corrected chi connectivity index (χ2v) is 5.19. The molecule has 1 aromatic rings. The van der Waals surface area contributed by atoms with E-state index >= 15 is 0 Å². The molecule has 0 fully saturated rings. The van der Waals surface area contributed by atoms with Crippen molar-refractivity contribution in [1.82, 2.24) is 10.6 Å². The van der Waals surface area contributed by atoms with Gasteiger partial charge in [-0.3, -0.25) is 9.59 Å². The third-order valence-electron chi connectivity index (χ3n) is 3.06. The third kappa shape index (κ3) is 6.90. The smallest absolute Gasteiger partial charge is 0.251 e. The number of aliphatic hydroxyl groups is 1. The van der Waals surface area contributed by atoms with Crippen LogP contribution in [0.4, 0.5) is 0 Å². The molecule has 1 rings (SSSR count). The zero-order chi connectivity index (χ0) is 15.7. The zero-order valence-corrected chi connectivity index (χ0v) is 12.6. The SMILES string of the molecule is CCCC(O)CNC(=O)CC(C)NC(=O)c1ccccc1. The minimum Gasteiger partial charge on any atom is -0.391 e. The standard InChI is InChI=1S/C16H24N2O3/c1-3-7-14(19)11-17-15(20)10-12(2)18-16(21)13-8-5-4-6-9-13/h4-6,8-9,12,14,19H,3,7,10-11H2,1-2H3,(H,17,20)(H,18,21). The number of carbonyl (C=O) groups excluding carboxylic acids is 2. The Morgan fingerprint density at radius 3 is 2.52 bits per heavy atom. The first-order valence-corrected chi connectivity index (χ1v) is 7.33. The van der Waals surface area contributed by atoms with Crippen molar-refractivity contribution in [3.63, 3.8) is 0 Å². The summed E-state index contributed by atoms with van der Waals surface area (Å²) in [7, 11) is 0. The lowest BCUT2D eigenvalue weighted by Gasteiger charge is -2.15. The van der Waals surface area contributed by atoms with Gasteiger partial charge in [0, 0.05) is 24.6 Å². The van der Waals surface area contributed by atoms with Crippen molar-refractivity contribution in [1.29, 1.82) is 0 Å². The quantitative estimate of drug-likeness (QED) is 0.679. The number of amides is 2. The summed E-state index contributed by atoms with van der Waals surface area (Å²) in [6.07, 6.45) is 1.23. The van der Waals surface area contributed by atoms with Crippen LogP contribution >= 0.6 is 0 Å². The van der Waals surface area contributed by atoms with E-state index in [1.54, 1.807) is 31.2 Å². The van der Waals surface area contributed by atoms with Crippen molar-refractivity contribution in [2.45, 2.75) is 45.3 Å². The molecule has 0 bridgehead atoms. The lowest BCUT2D eigenvalue weighted by Crippen LogP contribution is -2.39. The van der Waals surface area contributed by atoms with Crippen LogP contribution in [0.1, 0.15) is 43.5 Å². The van der Waals surface area contributed by atoms with E-state index < -0.39 is 6.10 Å². The van der Waals surface area contributed by atoms with Gasteiger partial charge in [0.25, 0.3) is 5.91 Å². The van der Waals surface area contributed by atoms with Crippen molar-refractivity contribution in [2.75, 3.05) is 6.54 Å². The van der Waals surface area contributed by atoms with Crippen LogP contribution in [0.15, 0.2) is 30.3 Å². The summed E-state index contributed by atoms with van der Waals surface area (Å²) < 4.78 is 0. The van der Waals surface area contributed by atoms with Gasteiger partial charge in [-0.25, -0.2) is 0 Å². The maximum Gasteiger partial charge on any atom is 0.251 e. The molecule has 3 N–H and O–H groups in total. The number of carbonyl (C=O) groups is 2. The van der Waals surface area contributed by atoms with E-state index in [4.69, 9.17) is 0 Å². The van der Waals surface area contributed by atoms with Gasteiger partial charge in [0.2, 0.25) is 5.91 Å². The average molecular weight is 292 g/mol. The molecule has 0 aliphatic carbocycles. The number of aliphatic hydroxyl groups excluding tert-OH is 1. The largest absolute Gasteiger partial charge is 0.391 e. The highest BCUT2D eigenvalue weighted by Gasteiger charge is 2.13. The van der Waals surface area contributed by atoms with Crippen molar-refractivity contribution >= 4 is 11.8 Å². The van der Waals surface area contributed by atoms with Crippen molar-refractivity contribution in [3.05, 3.63) is 35.9 Å². The van der Waals surface area contributed by atoms with Crippen LogP contribution in [-0.2, 0) is 4.79 Å². The molecule has 2 unspecified atom stereocenters. The Hall–Kier alpha value is -1.88. The summed E-state index contributed by atoms with van der Waals surface area (Å²) >= 11 is 0. The van der Waals surface area contributed by atoms with Gasteiger partial charge in [0.15, 0.2) is 0 Å². The highest BCUT2D eigenvalue weighted by Crippen LogP contribution is 2.00. The van der Waals surface area contributed by atoms with Crippen LogP contribution in [0.3, 0.4) is 0 Å². The molecule has 2 amide bonds. The summed E-state index contributed by atoms with van der Waals surface area (Å²) in [5.41, 5.74) is 0.572. The van der Waals surface area contributed by atoms with Gasteiger partial charge in [-0.1, -0.05) is 31.5 Å². The maximum atomic E-state index is 11.9. The molecule has 0 spiro atoms. The number of nitrogens with one attached hydrogen (secondary N) is 2. The molecule has 0 aromatic heterocycles. The lowest BCUT2D eigenvalue weighted by atomic mass is 10.1. The minimum absolute atomic E-state index is 0.175. The Labute approximate surface area is 125 Å². The van der Waals surface area contributed by atoms with Crippen LogP contribution in [0.2, 0.25) is 0 Å². The van der Waals surface area contributed by atoms with Gasteiger partial charge in [-0.05, 0) is 25.5 Å². The Kier molecular flexibility index (Phi) is 7.46. The molecule has 21 heavy (non-hydrogen) atoms. The van der Waals surface area contributed by atoms with Crippen molar-refractivity contribution in [3.8, 4) is 0 Å². The van der Waals surface area contributed by atoms with Gasteiger partial charge in [0.1, 0.15) is 0 Å². The van der Waals surface area contributed by atoms with E-state index in [-0.39, 0.29) is 30.8 Å². The summed E-state index contributed by atoms with van der Waals surface area (Å²) in [5.74, 6) is -0.368. The molecule has 0 saturated heterocycles. The topological polar surface area (TPSA) is 78.4 Å². The van der Waals surface area contributed by atoms with Gasteiger partial charge in [-0.2, -0.15) is 0 Å². The number of hydrogen-bond acceptors (Lipinski definition) is 3. The molecule has 0 aliphatic heterocycles. The summed E-state index contributed by atoms with van der Waals surface area (Å²) in [6.45, 7) is 4.02. The maximum absolute atomic E-state index is 11.9. The Morgan fingerprint density at radius 1 is 1.24 bits per heavy atom. The van der Waals surface area contributed by atoms with E-state index in [1.165, 1.54) is 0 Å². The van der Waals surface area contributed by atoms with E-state index in [2.05, 4.69) is 10.6 Å². The van der Waals surface area contributed by atoms with Crippen molar-refractivity contribution in [2.24, 2.45) is 0 Å². The molecule has 0 saturated carbocycles.